The summed E-state index contributed by atoms with van der Waals surface area (Å²) in [5.74, 6) is 1.39. The molecule has 0 aromatic rings. The Hall–Kier alpha value is -0.120. The third kappa shape index (κ3) is 4.44. The number of nitrogens with zero attached hydrogens (tertiary/aromatic N) is 2. The molecule has 1 N–H and O–H groups in total. The average Bonchev–Trinajstić information content (AvgIpc) is 2.43. The number of likely N-dealkylation sites (tertiary alicyclic amines) is 1. The van der Waals surface area contributed by atoms with Gasteiger partial charge in [0.25, 0.3) is 0 Å². The Kier molecular flexibility index (Phi) is 6.31. The average molecular weight is 282 g/mol. The molecule has 0 aromatic carbocycles. The van der Waals surface area contributed by atoms with Crippen LogP contribution in [0.25, 0.3) is 0 Å². The summed E-state index contributed by atoms with van der Waals surface area (Å²) in [5.41, 5.74) is 0. The third-order valence-corrected chi connectivity index (χ3v) is 5.53. The summed E-state index contributed by atoms with van der Waals surface area (Å²) in [5, 5.41) is 10.3. The molecule has 0 spiro atoms. The van der Waals surface area contributed by atoms with Gasteiger partial charge in [0.15, 0.2) is 0 Å². The summed E-state index contributed by atoms with van der Waals surface area (Å²) < 4.78 is 0. The molecule has 1 heterocycles. The SMILES string of the molecule is CCCC1CCC(O)C(CN2CCC(N(C)C)CC2)C1. The zero-order chi connectivity index (χ0) is 14.5. The monoisotopic (exact) mass is 282 g/mol. The van der Waals surface area contributed by atoms with Crippen LogP contribution < -0.4 is 0 Å². The fourth-order valence-corrected chi connectivity index (χ4v) is 4.16. The normalized spacial score (nSPS) is 33.8. The summed E-state index contributed by atoms with van der Waals surface area (Å²) in [4.78, 5) is 4.96. The zero-order valence-electron chi connectivity index (χ0n) is 13.7. The summed E-state index contributed by atoms with van der Waals surface area (Å²) in [6, 6.07) is 0.760. The molecular weight excluding hydrogens is 248 g/mol. The Morgan fingerprint density at radius 1 is 1.10 bits per heavy atom. The van der Waals surface area contributed by atoms with Crippen LogP contribution in [0.3, 0.4) is 0 Å². The molecule has 0 radical (unpaired) electrons. The topological polar surface area (TPSA) is 26.7 Å². The molecule has 2 aliphatic rings. The molecule has 1 saturated heterocycles. The van der Waals surface area contributed by atoms with Crippen molar-refractivity contribution >= 4 is 0 Å². The number of aliphatic hydroxyl groups is 1. The van der Waals surface area contributed by atoms with Gasteiger partial charge in [0.1, 0.15) is 0 Å². The molecule has 3 nitrogen and oxygen atoms in total. The highest BCUT2D eigenvalue weighted by molar-refractivity contribution is 4.84. The van der Waals surface area contributed by atoms with Crippen molar-refractivity contribution in [3.05, 3.63) is 0 Å². The molecule has 0 bridgehead atoms. The standard InChI is InChI=1S/C17H34N2O/c1-4-5-14-6-7-17(20)15(12-14)13-19-10-8-16(9-11-19)18(2)3/h14-17,20H,4-13H2,1-3H3. The van der Waals surface area contributed by atoms with Crippen LogP contribution in [0.4, 0.5) is 0 Å². The summed E-state index contributed by atoms with van der Waals surface area (Å²) in [6.07, 6.45) is 8.70. The van der Waals surface area contributed by atoms with E-state index < -0.39 is 0 Å². The van der Waals surface area contributed by atoms with Crippen molar-refractivity contribution in [1.82, 2.24) is 9.80 Å². The van der Waals surface area contributed by atoms with Crippen LogP contribution in [0.2, 0.25) is 0 Å². The highest BCUT2D eigenvalue weighted by Crippen LogP contribution is 2.33. The van der Waals surface area contributed by atoms with Crippen molar-refractivity contribution in [2.75, 3.05) is 33.7 Å². The minimum Gasteiger partial charge on any atom is -0.393 e. The predicted molar refractivity (Wildman–Crippen MR) is 84.9 cm³/mol. The van der Waals surface area contributed by atoms with E-state index >= 15 is 0 Å². The summed E-state index contributed by atoms with van der Waals surface area (Å²) in [7, 11) is 4.39. The minimum absolute atomic E-state index is 0.0466. The van der Waals surface area contributed by atoms with E-state index in [1.54, 1.807) is 0 Å². The summed E-state index contributed by atoms with van der Waals surface area (Å²) >= 11 is 0. The second-order valence-corrected chi connectivity index (χ2v) is 7.29. The van der Waals surface area contributed by atoms with Gasteiger partial charge in [-0.1, -0.05) is 19.8 Å². The molecule has 3 atom stereocenters. The first kappa shape index (κ1) is 16.3. The second kappa shape index (κ2) is 7.77. The molecule has 3 heteroatoms. The van der Waals surface area contributed by atoms with Crippen LogP contribution in [0, 0.1) is 11.8 Å². The van der Waals surface area contributed by atoms with Gasteiger partial charge in [0, 0.05) is 12.6 Å². The highest BCUT2D eigenvalue weighted by Gasteiger charge is 2.31. The predicted octanol–water partition coefficient (Wildman–Crippen LogP) is 2.59. The zero-order valence-corrected chi connectivity index (χ0v) is 13.7. The Balaban J connectivity index is 1.77. The van der Waals surface area contributed by atoms with E-state index in [0.29, 0.717) is 5.92 Å². The minimum atomic E-state index is -0.0466. The molecular formula is C17H34N2O. The van der Waals surface area contributed by atoms with E-state index in [1.165, 1.54) is 51.6 Å². The molecule has 1 aliphatic heterocycles. The quantitative estimate of drug-likeness (QED) is 0.839. The highest BCUT2D eigenvalue weighted by atomic mass is 16.3. The maximum absolute atomic E-state index is 10.3. The lowest BCUT2D eigenvalue weighted by molar-refractivity contribution is 0.0176. The first-order valence-corrected chi connectivity index (χ1v) is 8.67. The van der Waals surface area contributed by atoms with Crippen LogP contribution in [-0.4, -0.2) is 60.8 Å². The number of hydrogen-bond acceptors (Lipinski definition) is 3. The number of piperidine rings is 1. The third-order valence-electron chi connectivity index (χ3n) is 5.53. The molecule has 2 fully saturated rings. The Labute approximate surface area is 125 Å². The van der Waals surface area contributed by atoms with Crippen LogP contribution in [0.1, 0.15) is 51.9 Å². The molecule has 0 amide bonds. The van der Waals surface area contributed by atoms with Crippen molar-refractivity contribution in [3.63, 3.8) is 0 Å². The Morgan fingerprint density at radius 2 is 1.80 bits per heavy atom. The number of hydrogen-bond donors (Lipinski definition) is 1. The largest absolute Gasteiger partial charge is 0.393 e. The van der Waals surface area contributed by atoms with Crippen molar-refractivity contribution in [1.29, 1.82) is 0 Å². The van der Waals surface area contributed by atoms with Crippen LogP contribution in [0.15, 0.2) is 0 Å². The van der Waals surface area contributed by atoms with Gasteiger partial charge in [-0.2, -0.15) is 0 Å². The second-order valence-electron chi connectivity index (χ2n) is 7.29. The van der Waals surface area contributed by atoms with E-state index in [1.807, 2.05) is 0 Å². The van der Waals surface area contributed by atoms with Gasteiger partial charge in [-0.25, -0.2) is 0 Å². The molecule has 2 rings (SSSR count). The lowest BCUT2D eigenvalue weighted by Gasteiger charge is -2.40. The first-order chi connectivity index (χ1) is 9.60. The Morgan fingerprint density at radius 3 is 2.40 bits per heavy atom. The fourth-order valence-electron chi connectivity index (χ4n) is 4.16. The van der Waals surface area contributed by atoms with Gasteiger partial charge in [0.05, 0.1) is 6.10 Å². The van der Waals surface area contributed by atoms with Crippen molar-refractivity contribution < 1.29 is 5.11 Å². The van der Waals surface area contributed by atoms with Crippen LogP contribution in [-0.2, 0) is 0 Å². The van der Waals surface area contributed by atoms with E-state index in [4.69, 9.17) is 0 Å². The first-order valence-electron chi connectivity index (χ1n) is 8.67. The molecule has 20 heavy (non-hydrogen) atoms. The lowest BCUT2D eigenvalue weighted by Crippen LogP contribution is -2.46. The molecule has 3 unspecified atom stereocenters. The van der Waals surface area contributed by atoms with Crippen LogP contribution >= 0.6 is 0 Å². The van der Waals surface area contributed by atoms with Gasteiger partial charge in [-0.3, -0.25) is 0 Å². The summed E-state index contributed by atoms with van der Waals surface area (Å²) in [6.45, 7) is 5.84. The van der Waals surface area contributed by atoms with Gasteiger partial charge in [0.2, 0.25) is 0 Å². The Bertz CT molecular complexity index is 274. The number of rotatable bonds is 5. The van der Waals surface area contributed by atoms with E-state index in [2.05, 4.69) is 30.8 Å². The molecule has 0 aromatic heterocycles. The van der Waals surface area contributed by atoms with Gasteiger partial charge >= 0.3 is 0 Å². The van der Waals surface area contributed by atoms with E-state index in [9.17, 15) is 5.11 Å². The van der Waals surface area contributed by atoms with E-state index in [0.717, 1.165) is 24.9 Å². The molecule has 1 saturated carbocycles. The van der Waals surface area contributed by atoms with Crippen molar-refractivity contribution in [3.8, 4) is 0 Å². The maximum Gasteiger partial charge on any atom is 0.0580 e. The van der Waals surface area contributed by atoms with Gasteiger partial charge in [-0.05, 0) is 71.1 Å². The molecule has 118 valence electrons. The van der Waals surface area contributed by atoms with Crippen molar-refractivity contribution in [2.45, 2.75) is 64.0 Å². The molecule has 1 aliphatic carbocycles. The number of aliphatic hydroxyl groups excluding tert-OH is 1. The fraction of sp³-hybridized carbons (Fsp3) is 1.00. The van der Waals surface area contributed by atoms with Gasteiger partial charge in [-0.15, -0.1) is 0 Å². The smallest absolute Gasteiger partial charge is 0.0580 e. The maximum atomic E-state index is 10.3. The van der Waals surface area contributed by atoms with Crippen molar-refractivity contribution in [2.24, 2.45) is 11.8 Å². The lowest BCUT2D eigenvalue weighted by atomic mass is 9.77. The van der Waals surface area contributed by atoms with E-state index in [-0.39, 0.29) is 6.10 Å². The van der Waals surface area contributed by atoms with Crippen LogP contribution in [0.5, 0.6) is 0 Å². The van der Waals surface area contributed by atoms with Gasteiger partial charge < -0.3 is 14.9 Å².